The predicted molar refractivity (Wildman–Crippen MR) is 333 cm³/mol. The molecule has 8 rings (SSSR count). The molecule has 87 heavy (non-hydrogen) atoms. The molecule has 0 aliphatic carbocycles. The molecule has 2 atom stereocenters. The van der Waals surface area contributed by atoms with E-state index in [0.29, 0.717) is 61.5 Å². The number of likely N-dealkylation sites (N-methyl/N-ethyl adjacent to an activating group) is 2. The number of piperazine rings is 1. The van der Waals surface area contributed by atoms with Crippen LogP contribution in [0.15, 0.2) is 106 Å². The number of carbonyl (C=O) groups excluding carboxylic acids is 6. The van der Waals surface area contributed by atoms with Crippen molar-refractivity contribution in [1.82, 2.24) is 35.2 Å². The summed E-state index contributed by atoms with van der Waals surface area (Å²) in [5, 5.41) is 15.6. The summed E-state index contributed by atoms with van der Waals surface area (Å²) in [6.45, 7) is 3.66. The minimum Gasteiger partial charge on any atom is -0.447 e. The van der Waals surface area contributed by atoms with Gasteiger partial charge in [0.2, 0.25) is 23.6 Å². The Bertz CT molecular complexity index is 3020. The highest BCUT2D eigenvalue weighted by molar-refractivity contribution is 7.59. The number of rotatable bonds is 22. The van der Waals surface area contributed by atoms with Crippen molar-refractivity contribution in [2.24, 2.45) is 0 Å². The van der Waals surface area contributed by atoms with Crippen LogP contribution in [0.2, 0.25) is 10.0 Å². The third-order valence-corrected chi connectivity index (χ3v) is 15.1. The average Bonchev–Trinajstić information content (AvgIpc) is 4.21. The fourth-order valence-corrected chi connectivity index (χ4v) is 9.75. The number of nitrogens with zero attached hydrogens (tertiary/aromatic N) is 6. The van der Waals surface area contributed by atoms with Gasteiger partial charge in [-0.1, -0.05) is 82.0 Å². The third-order valence-electron chi connectivity index (χ3n) is 14.2. The number of likely N-dealkylation sites (tertiary alicyclic amines) is 1. The van der Waals surface area contributed by atoms with Gasteiger partial charge in [0.15, 0.2) is 23.2 Å². The van der Waals surface area contributed by atoms with Gasteiger partial charge in [0.25, 0.3) is 0 Å². The molecule has 472 valence electrons. The summed E-state index contributed by atoms with van der Waals surface area (Å²) in [7, 11) is 3.15. The number of benzene rings is 4. The molecule has 6 amide bonds. The van der Waals surface area contributed by atoms with Gasteiger partial charge in [0.05, 0.1) is 22.1 Å². The normalized spacial score (nSPS) is 13.4. The van der Waals surface area contributed by atoms with E-state index in [9.17, 15) is 46.3 Å². The Labute approximate surface area is 531 Å². The maximum atomic E-state index is 13.8. The molecule has 2 fully saturated rings. The summed E-state index contributed by atoms with van der Waals surface area (Å²) in [5.74, 6) is -2.00. The topological polar surface area (TPSA) is 222 Å². The first-order chi connectivity index (χ1) is 40.4. The molecule has 3 N–H and O–H groups in total. The van der Waals surface area contributed by atoms with Crippen LogP contribution in [0, 0.1) is 23.3 Å². The zero-order valence-corrected chi connectivity index (χ0v) is 52.1. The van der Waals surface area contributed by atoms with E-state index < -0.39 is 47.5 Å². The molecule has 4 heterocycles. The lowest BCUT2D eigenvalue weighted by Gasteiger charge is -2.30. The molecule has 2 aliphatic rings. The number of hydrogen-bond acceptors (Lipinski definition) is 13. The van der Waals surface area contributed by atoms with Crippen LogP contribution in [0.1, 0.15) is 68.9 Å². The summed E-state index contributed by atoms with van der Waals surface area (Å²) < 4.78 is 75.9. The molecule has 0 radical (unpaired) electrons. The van der Waals surface area contributed by atoms with Crippen LogP contribution in [-0.4, -0.2) is 144 Å². The van der Waals surface area contributed by atoms with Gasteiger partial charge in [-0.3, -0.25) is 29.8 Å². The second kappa shape index (κ2) is 36.3. The molecule has 0 spiro atoms. The lowest BCUT2D eigenvalue weighted by molar-refractivity contribution is -0.136. The molecule has 0 unspecified atom stereocenters. The summed E-state index contributed by atoms with van der Waals surface area (Å²) in [5.41, 5.74) is 1.90. The van der Waals surface area contributed by atoms with Crippen molar-refractivity contribution in [1.29, 1.82) is 0 Å². The number of hydrogen-bond donors (Lipinski definition) is 3. The lowest BCUT2D eigenvalue weighted by atomic mass is 10.1. The van der Waals surface area contributed by atoms with Gasteiger partial charge in [0, 0.05) is 102 Å². The molecule has 2 aromatic heterocycles. The first kappa shape index (κ1) is 72.4. The zero-order chi connectivity index (χ0) is 60.1. The number of piperidine rings is 1. The standard InChI is InChI=1S/C30H33ClF2N4O5.C29H32ClF2N5O5.ClH.2H2S/c1-36(27(38)13-11-20-7-6-10-24(33)29(20)31)23(12-14-28(39)37-15-3-2-4-16-37)19-41-30(40)34-26-18-25(42-35-26)21-8-5-9-22(32)17-21;1-36(26(38)10-8-19-4-3-7-23(32)28(19)30)22(9-11-27(39)37-14-12-33-13-15-37)18-41-29(40)34-25-17-24(42-35-25)20-5-2-6-21(31)16-20;;;/h5-10,17-18,23H,2-4,11-16,19H2,1H3,(H,34,35,40);2-7,16-17,22,33H,8-15,18H2,1H3,(H,34,35,40);1H;2*1H2/t23-;22-;;;/m00.../s1. The van der Waals surface area contributed by atoms with E-state index in [0.717, 1.165) is 19.3 Å². The molecule has 4 aromatic carbocycles. The van der Waals surface area contributed by atoms with Crippen LogP contribution in [0.25, 0.3) is 22.6 Å². The van der Waals surface area contributed by atoms with Gasteiger partial charge in [-0.15, -0.1) is 12.4 Å². The fourth-order valence-electron chi connectivity index (χ4n) is 9.31. The van der Waals surface area contributed by atoms with E-state index in [1.807, 2.05) is 4.90 Å². The van der Waals surface area contributed by atoms with Crippen molar-refractivity contribution in [3.63, 3.8) is 0 Å². The second-order valence-electron chi connectivity index (χ2n) is 20.0. The van der Waals surface area contributed by atoms with Gasteiger partial charge in [-0.05, 0) is 92.5 Å². The largest absolute Gasteiger partial charge is 0.447 e. The summed E-state index contributed by atoms with van der Waals surface area (Å²) in [6.07, 6.45) is 2.72. The summed E-state index contributed by atoms with van der Waals surface area (Å²) >= 11 is 12.1. The molecular formula is C59H70Cl3F4N9O10S2. The average molecular weight is 1310 g/mol. The fraction of sp³-hybridized carbons (Fsp3) is 0.390. The van der Waals surface area contributed by atoms with Crippen LogP contribution >= 0.6 is 62.6 Å². The Morgan fingerprint density at radius 2 is 0.989 bits per heavy atom. The number of carbonyl (C=O) groups is 6. The van der Waals surface area contributed by atoms with Crippen molar-refractivity contribution in [2.45, 2.75) is 82.7 Å². The highest BCUT2D eigenvalue weighted by Gasteiger charge is 2.28. The van der Waals surface area contributed by atoms with Gasteiger partial charge < -0.3 is 43.4 Å². The number of aromatic nitrogens is 2. The molecular weight excluding hydrogens is 1240 g/mol. The first-order valence-electron chi connectivity index (χ1n) is 27.4. The maximum Gasteiger partial charge on any atom is 0.412 e. The van der Waals surface area contributed by atoms with Crippen molar-refractivity contribution >= 4 is 110 Å². The number of anilines is 2. The van der Waals surface area contributed by atoms with Crippen molar-refractivity contribution in [2.75, 3.05) is 77.2 Å². The van der Waals surface area contributed by atoms with E-state index in [1.54, 1.807) is 43.3 Å². The van der Waals surface area contributed by atoms with Crippen LogP contribution in [0.3, 0.4) is 0 Å². The van der Waals surface area contributed by atoms with Crippen LogP contribution in [0.5, 0.6) is 0 Å². The number of ether oxygens (including phenoxy) is 2. The first-order valence-corrected chi connectivity index (χ1v) is 28.1. The third kappa shape index (κ3) is 22.3. The van der Waals surface area contributed by atoms with E-state index in [1.165, 1.54) is 82.6 Å². The summed E-state index contributed by atoms with van der Waals surface area (Å²) in [4.78, 5) is 83.3. The number of nitrogens with one attached hydrogen (secondary N) is 3. The molecule has 19 nitrogen and oxygen atoms in total. The number of amides is 6. The van der Waals surface area contributed by atoms with Gasteiger partial charge in [-0.25, -0.2) is 27.2 Å². The van der Waals surface area contributed by atoms with Gasteiger partial charge in [-0.2, -0.15) is 27.0 Å². The van der Waals surface area contributed by atoms with Crippen molar-refractivity contribution in [3.8, 4) is 22.6 Å². The SMILES string of the molecule is CN(C(=O)CCc1cccc(F)c1Cl)[C@@H](CCC(=O)N1CCCCC1)COC(=O)Nc1cc(-c2cccc(F)c2)on1.CN(C(=O)CCc1cccc(F)c1Cl)[C@@H](CCC(=O)N1CCNCC1)COC(=O)Nc1cc(-c2cccc(F)c2)on1.Cl.S.S. The quantitative estimate of drug-likeness (QED) is 0.0539. The van der Waals surface area contributed by atoms with Gasteiger partial charge >= 0.3 is 12.2 Å². The van der Waals surface area contributed by atoms with Crippen LogP contribution in [-0.2, 0) is 41.5 Å². The number of aryl methyl sites for hydroxylation is 2. The highest BCUT2D eigenvalue weighted by atomic mass is 35.5. The Kier molecular flexibility index (Phi) is 30.2. The Morgan fingerprint density at radius 3 is 1.40 bits per heavy atom. The van der Waals surface area contributed by atoms with Crippen LogP contribution in [0.4, 0.5) is 38.8 Å². The lowest BCUT2D eigenvalue weighted by Crippen LogP contribution is -2.47. The van der Waals surface area contributed by atoms with Crippen LogP contribution < -0.4 is 16.0 Å². The molecule has 0 saturated carbocycles. The van der Waals surface area contributed by atoms with Crippen molar-refractivity contribution in [3.05, 3.63) is 142 Å². The van der Waals surface area contributed by atoms with E-state index in [2.05, 4.69) is 26.3 Å². The van der Waals surface area contributed by atoms with E-state index >= 15 is 0 Å². The highest BCUT2D eigenvalue weighted by Crippen LogP contribution is 2.27. The zero-order valence-electron chi connectivity index (χ0n) is 47.8. The molecule has 0 bridgehead atoms. The predicted octanol–water partition coefficient (Wildman–Crippen LogP) is 11.2. The second-order valence-corrected chi connectivity index (χ2v) is 20.8. The molecule has 2 aliphatic heterocycles. The Balaban J connectivity index is 0.000000360. The molecule has 6 aromatic rings. The molecule has 28 heteroatoms. The van der Waals surface area contributed by atoms with E-state index in [4.69, 9.17) is 41.7 Å². The minimum atomic E-state index is -0.847. The van der Waals surface area contributed by atoms with E-state index in [-0.39, 0.29) is 161 Å². The minimum absolute atomic E-state index is 0. The smallest absolute Gasteiger partial charge is 0.412 e. The Morgan fingerprint density at radius 1 is 0.586 bits per heavy atom. The van der Waals surface area contributed by atoms with Crippen molar-refractivity contribution < 1.29 is 64.8 Å². The molecule has 2 saturated heterocycles. The monoisotopic (exact) mass is 1310 g/mol. The summed E-state index contributed by atoms with van der Waals surface area (Å²) in [6, 6.07) is 21.9. The van der Waals surface area contributed by atoms with Gasteiger partial charge in [0.1, 0.15) is 36.5 Å². The maximum absolute atomic E-state index is 13.8. The number of halogens is 7. The Hall–Kier alpha value is -7.03.